The summed E-state index contributed by atoms with van der Waals surface area (Å²) in [6.45, 7) is 4.01. The Hall–Kier alpha value is -1.30. The Morgan fingerprint density at radius 1 is 1.67 bits per heavy atom. The van der Waals surface area contributed by atoms with E-state index in [1.165, 1.54) is 17.8 Å². The number of aromatic amines is 1. The van der Waals surface area contributed by atoms with Gasteiger partial charge in [-0.2, -0.15) is 0 Å². The first-order valence-corrected chi connectivity index (χ1v) is 5.56. The van der Waals surface area contributed by atoms with Crippen LogP contribution < -0.4 is 0 Å². The molecule has 0 aromatic carbocycles. The van der Waals surface area contributed by atoms with Gasteiger partial charge in [-0.25, -0.2) is 9.78 Å². The molecule has 1 heterocycles. The van der Waals surface area contributed by atoms with E-state index in [2.05, 4.69) is 15.2 Å². The second-order valence-corrected chi connectivity index (χ2v) is 3.66. The van der Waals surface area contributed by atoms with E-state index in [0.717, 1.165) is 5.82 Å². The molecule has 0 radical (unpaired) electrons. The summed E-state index contributed by atoms with van der Waals surface area (Å²) in [5.74, 6) is 1.12. The van der Waals surface area contributed by atoms with E-state index in [0.29, 0.717) is 17.5 Å². The molecule has 1 aromatic heterocycles. The van der Waals surface area contributed by atoms with Crippen LogP contribution in [-0.2, 0) is 9.53 Å². The fourth-order valence-corrected chi connectivity index (χ4v) is 1.50. The Morgan fingerprint density at radius 3 is 3.07 bits per heavy atom. The van der Waals surface area contributed by atoms with Crippen molar-refractivity contribution in [1.82, 2.24) is 15.2 Å². The number of esters is 1. The number of thioether (sulfide) groups is 1. The summed E-state index contributed by atoms with van der Waals surface area (Å²) in [6, 6.07) is 0. The number of aromatic nitrogens is 3. The van der Waals surface area contributed by atoms with E-state index in [1.54, 1.807) is 13.0 Å². The van der Waals surface area contributed by atoms with Gasteiger partial charge in [-0.15, -0.1) is 5.10 Å². The molecule has 6 heteroatoms. The third-order valence-corrected chi connectivity index (χ3v) is 2.23. The number of hydrogen-bond acceptors (Lipinski definition) is 5. The van der Waals surface area contributed by atoms with Crippen molar-refractivity contribution in [3.8, 4) is 0 Å². The standard InChI is InChI=1S/C9H13N3O2S/c1-3-14-8(13)5-4-6-15-9-10-7(2)11-12-9/h4-5H,3,6H2,1-2H3,(H,10,11,12)/b5-4+. The topological polar surface area (TPSA) is 67.9 Å². The van der Waals surface area contributed by atoms with E-state index in [9.17, 15) is 4.79 Å². The highest BCUT2D eigenvalue weighted by Gasteiger charge is 1.98. The lowest BCUT2D eigenvalue weighted by atomic mass is 10.5. The zero-order valence-corrected chi connectivity index (χ0v) is 9.50. The van der Waals surface area contributed by atoms with Gasteiger partial charge < -0.3 is 4.74 Å². The van der Waals surface area contributed by atoms with E-state index in [1.807, 2.05) is 6.92 Å². The predicted molar refractivity (Wildman–Crippen MR) is 57.6 cm³/mol. The number of carbonyl (C=O) groups excluding carboxylic acids is 1. The number of nitrogens with zero attached hydrogens (tertiary/aromatic N) is 2. The van der Waals surface area contributed by atoms with Gasteiger partial charge in [-0.05, 0) is 13.8 Å². The summed E-state index contributed by atoms with van der Waals surface area (Å²) in [6.07, 6.45) is 3.14. The molecule has 0 unspecified atom stereocenters. The summed E-state index contributed by atoms with van der Waals surface area (Å²) >= 11 is 1.45. The van der Waals surface area contributed by atoms with Gasteiger partial charge in [0, 0.05) is 11.8 Å². The van der Waals surface area contributed by atoms with E-state index in [4.69, 9.17) is 4.74 Å². The largest absolute Gasteiger partial charge is 0.463 e. The normalized spacial score (nSPS) is 10.8. The Bertz CT molecular complexity index is 349. The van der Waals surface area contributed by atoms with Crippen molar-refractivity contribution in [3.05, 3.63) is 18.0 Å². The molecular formula is C9H13N3O2S. The maximum Gasteiger partial charge on any atom is 0.330 e. The summed E-state index contributed by atoms with van der Waals surface area (Å²) in [5, 5.41) is 7.37. The molecule has 1 N–H and O–H groups in total. The molecule has 0 spiro atoms. The number of hydrogen-bond donors (Lipinski definition) is 1. The van der Waals surface area contributed by atoms with Crippen LogP contribution in [0.1, 0.15) is 12.7 Å². The second-order valence-electron chi connectivity index (χ2n) is 2.67. The highest BCUT2D eigenvalue weighted by molar-refractivity contribution is 7.99. The number of aryl methyl sites for hydroxylation is 1. The van der Waals surface area contributed by atoms with Crippen molar-refractivity contribution in [3.63, 3.8) is 0 Å². The van der Waals surface area contributed by atoms with Gasteiger partial charge in [0.2, 0.25) is 5.16 Å². The highest BCUT2D eigenvalue weighted by Crippen LogP contribution is 2.11. The van der Waals surface area contributed by atoms with Crippen LogP contribution in [0.4, 0.5) is 0 Å². The lowest BCUT2D eigenvalue weighted by Gasteiger charge is -1.93. The highest BCUT2D eigenvalue weighted by atomic mass is 32.2. The van der Waals surface area contributed by atoms with Crippen molar-refractivity contribution in [2.75, 3.05) is 12.4 Å². The quantitative estimate of drug-likeness (QED) is 0.467. The van der Waals surface area contributed by atoms with Crippen molar-refractivity contribution < 1.29 is 9.53 Å². The molecular weight excluding hydrogens is 214 g/mol. The third-order valence-electron chi connectivity index (χ3n) is 1.43. The first-order chi connectivity index (χ1) is 7.22. The second kappa shape index (κ2) is 6.23. The molecule has 15 heavy (non-hydrogen) atoms. The molecule has 0 aliphatic carbocycles. The average Bonchev–Trinajstić information content (AvgIpc) is 2.60. The number of H-pyrrole nitrogens is 1. The van der Waals surface area contributed by atoms with Crippen molar-refractivity contribution in [2.45, 2.75) is 19.0 Å². The lowest BCUT2D eigenvalue weighted by Crippen LogP contribution is -1.98. The number of carbonyl (C=O) groups is 1. The number of rotatable bonds is 5. The maximum atomic E-state index is 10.9. The molecule has 0 aliphatic heterocycles. The van der Waals surface area contributed by atoms with Gasteiger partial charge >= 0.3 is 5.97 Å². The first kappa shape index (κ1) is 11.8. The van der Waals surface area contributed by atoms with Gasteiger partial charge in [0.15, 0.2) is 0 Å². The van der Waals surface area contributed by atoms with Crippen LogP contribution in [0.5, 0.6) is 0 Å². The maximum absolute atomic E-state index is 10.9. The predicted octanol–water partition coefficient (Wildman–Crippen LogP) is 1.32. The summed E-state index contributed by atoms with van der Waals surface area (Å²) in [7, 11) is 0. The Balaban J connectivity index is 2.24. The van der Waals surface area contributed by atoms with Gasteiger partial charge in [0.1, 0.15) is 5.82 Å². The molecule has 5 nitrogen and oxygen atoms in total. The number of ether oxygens (including phenoxy) is 1. The van der Waals surface area contributed by atoms with Gasteiger partial charge in [0.05, 0.1) is 6.61 Å². The Labute approximate surface area is 92.3 Å². The zero-order chi connectivity index (χ0) is 11.1. The van der Waals surface area contributed by atoms with Crippen molar-refractivity contribution >= 4 is 17.7 Å². The van der Waals surface area contributed by atoms with E-state index >= 15 is 0 Å². The fraction of sp³-hybridized carbons (Fsp3) is 0.444. The minimum Gasteiger partial charge on any atom is -0.463 e. The molecule has 0 saturated heterocycles. The minimum atomic E-state index is -0.315. The molecule has 1 rings (SSSR count). The van der Waals surface area contributed by atoms with Crippen LogP contribution in [0.15, 0.2) is 17.3 Å². The summed E-state index contributed by atoms with van der Waals surface area (Å²) in [4.78, 5) is 15.0. The van der Waals surface area contributed by atoms with Crippen molar-refractivity contribution in [1.29, 1.82) is 0 Å². The zero-order valence-electron chi connectivity index (χ0n) is 8.69. The Kier molecular flexibility index (Phi) is 4.89. The number of nitrogens with one attached hydrogen (secondary N) is 1. The van der Waals surface area contributed by atoms with Gasteiger partial charge in [0.25, 0.3) is 0 Å². The average molecular weight is 227 g/mol. The fourth-order valence-electron chi connectivity index (χ4n) is 0.844. The van der Waals surface area contributed by atoms with Gasteiger partial charge in [-0.3, -0.25) is 5.10 Å². The van der Waals surface area contributed by atoms with Crippen molar-refractivity contribution in [2.24, 2.45) is 0 Å². The van der Waals surface area contributed by atoms with Crippen LogP contribution in [0.2, 0.25) is 0 Å². The summed E-state index contributed by atoms with van der Waals surface area (Å²) < 4.78 is 4.73. The van der Waals surface area contributed by atoms with Gasteiger partial charge in [-0.1, -0.05) is 17.8 Å². The SMILES string of the molecule is CCOC(=O)/C=C/CSc1n[nH]c(C)n1. The molecule has 1 aromatic rings. The molecule has 0 saturated carbocycles. The molecule has 0 bridgehead atoms. The lowest BCUT2D eigenvalue weighted by molar-refractivity contribution is -0.137. The molecule has 0 atom stereocenters. The first-order valence-electron chi connectivity index (χ1n) is 4.57. The van der Waals surface area contributed by atoms with Crippen LogP contribution in [0, 0.1) is 6.92 Å². The van der Waals surface area contributed by atoms with Crippen LogP contribution >= 0.6 is 11.8 Å². The van der Waals surface area contributed by atoms with Crippen LogP contribution in [-0.4, -0.2) is 33.5 Å². The molecule has 82 valence electrons. The monoisotopic (exact) mass is 227 g/mol. The minimum absolute atomic E-state index is 0.315. The summed E-state index contributed by atoms with van der Waals surface area (Å²) in [5.41, 5.74) is 0. The van der Waals surface area contributed by atoms with Crippen LogP contribution in [0.25, 0.3) is 0 Å². The Morgan fingerprint density at radius 2 is 2.47 bits per heavy atom. The third kappa shape index (κ3) is 4.64. The van der Waals surface area contributed by atoms with E-state index < -0.39 is 0 Å². The molecule has 0 fully saturated rings. The van der Waals surface area contributed by atoms with E-state index in [-0.39, 0.29) is 5.97 Å². The van der Waals surface area contributed by atoms with Crippen LogP contribution in [0.3, 0.4) is 0 Å². The molecule has 0 amide bonds. The smallest absolute Gasteiger partial charge is 0.330 e. The molecule has 0 aliphatic rings.